The molecule has 0 radical (unpaired) electrons. The number of hydrogen-bond acceptors (Lipinski definition) is 3. The van der Waals surface area contributed by atoms with Crippen LogP contribution >= 0.6 is 0 Å². The summed E-state index contributed by atoms with van der Waals surface area (Å²) in [6.07, 6.45) is 6.13. The second kappa shape index (κ2) is 11.4. The normalized spacial score (nSPS) is 8.83. The summed E-state index contributed by atoms with van der Waals surface area (Å²) in [7, 11) is 0. The summed E-state index contributed by atoms with van der Waals surface area (Å²) in [5, 5.41) is 0. The summed E-state index contributed by atoms with van der Waals surface area (Å²) in [5.41, 5.74) is 0. The van der Waals surface area contributed by atoms with Gasteiger partial charge in [-0.1, -0.05) is 32.6 Å². The molecule has 2 N–H and O–H groups in total. The molecule has 68 valence electrons. The van der Waals surface area contributed by atoms with Crippen molar-refractivity contribution in [3.8, 4) is 0 Å². The Morgan fingerprint density at radius 3 is 2.33 bits per heavy atom. The zero-order chi connectivity index (χ0) is 8.53. The van der Waals surface area contributed by atoms with Crippen molar-refractivity contribution in [3.63, 3.8) is 0 Å². The van der Waals surface area contributed by atoms with Crippen LogP contribution in [-0.4, -0.2) is 35.5 Å². The average molecular weight is 183 g/mol. The number of rotatable bonds is 6. The van der Waals surface area contributed by atoms with Gasteiger partial charge in [-0.2, -0.15) is 5.90 Å². The number of unbranched alkanes of at least 4 members (excludes halogenated alkanes) is 4. The van der Waals surface area contributed by atoms with Gasteiger partial charge in [0.1, 0.15) is 0 Å². The SMILES string of the molecule is CCCCCCCC(=O)ON.[NaH]. The van der Waals surface area contributed by atoms with Crippen LogP contribution in [0.2, 0.25) is 0 Å². The third-order valence-corrected chi connectivity index (χ3v) is 1.62. The Morgan fingerprint density at radius 1 is 1.25 bits per heavy atom. The molecule has 0 heterocycles. The van der Waals surface area contributed by atoms with Crippen molar-refractivity contribution in [2.24, 2.45) is 5.90 Å². The van der Waals surface area contributed by atoms with Gasteiger partial charge in [0, 0.05) is 6.42 Å². The fourth-order valence-corrected chi connectivity index (χ4v) is 0.932. The molecular formula is C8H18NNaO2. The first kappa shape index (κ1) is 14.9. The van der Waals surface area contributed by atoms with Crippen molar-refractivity contribution in [1.29, 1.82) is 0 Å². The van der Waals surface area contributed by atoms with Gasteiger partial charge in [0.15, 0.2) is 0 Å². The molecule has 0 aromatic rings. The third kappa shape index (κ3) is 10.4. The Hall–Kier alpha value is 0.430. The molecule has 0 saturated heterocycles. The van der Waals surface area contributed by atoms with E-state index in [1.165, 1.54) is 19.3 Å². The van der Waals surface area contributed by atoms with Crippen molar-refractivity contribution >= 4 is 35.5 Å². The second-order valence-corrected chi connectivity index (χ2v) is 2.65. The molecule has 0 bridgehead atoms. The van der Waals surface area contributed by atoms with Gasteiger partial charge in [-0.25, -0.2) is 0 Å². The van der Waals surface area contributed by atoms with Crippen molar-refractivity contribution in [1.82, 2.24) is 0 Å². The summed E-state index contributed by atoms with van der Waals surface area (Å²) >= 11 is 0. The van der Waals surface area contributed by atoms with Crippen LogP contribution in [0.1, 0.15) is 45.4 Å². The zero-order valence-corrected chi connectivity index (χ0v) is 7.14. The Bertz CT molecular complexity index is 109. The molecule has 0 atom stereocenters. The molecule has 0 rings (SSSR count). The summed E-state index contributed by atoms with van der Waals surface area (Å²) < 4.78 is 0. The van der Waals surface area contributed by atoms with E-state index in [2.05, 4.69) is 17.7 Å². The van der Waals surface area contributed by atoms with Gasteiger partial charge >= 0.3 is 35.5 Å². The van der Waals surface area contributed by atoms with Gasteiger partial charge < -0.3 is 4.84 Å². The van der Waals surface area contributed by atoms with Crippen LogP contribution < -0.4 is 5.90 Å². The third-order valence-electron chi connectivity index (χ3n) is 1.62. The Kier molecular flexibility index (Phi) is 14.2. The minimum absolute atomic E-state index is 0. The van der Waals surface area contributed by atoms with E-state index in [4.69, 9.17) is 0 Å². The van der Waals surface area contributed by atoms with Crippen molar-refractivity contribution in [2.45, 2.75) is 45.4 Å². The summed E-state index contributed by atoms with van der Waals surface area (Å²) in [6.45, 7) is 2.16. The minimum atomic E-state index is -0.304. The monoisotopic (exact) mass is 183 g/mol. The Balaban J connectivity index is 0. The van der Waals surface area contributed by atoms with Crippen LogP contribution in [-0.2, 0) is 9.63 Å². The molecule has 0 aliphatic rings. The first-order chi connectivity index (χ1) is 5.31. The molecule has 0 aliphatic heterocycles. The second-order valence-electron chi connectivity index (χ2n) is 2.65. The molecule has 0 aromatic heterocycles. The van der Waals surface area contributed by atoms with E-state index in [1.807, 2.05) is 0 Å². The topological polar surface area (TPSA) is 52.3 Å². The maximum atomic E-state index is 10.5. The van der Waals surface area contributed by atoms with Crippen molar-refractivity contribution in [3.05, 3.63) is 0 Å². The van der Waals surface area contributed by atoms with Crippen LogP contribution in [0.25, 0.3) is 0 Å². The molecule has 0 saturated carbocycles. The molecule has 0 fully saturated rings. The molecule has 0 unspecified atom stereocenters. The van der Waals surface area contributed by atoms with Crippen molar-refractivity contribution in [2.75, 3.05) is 0 Å². The van der Waals surface area contributed by atoms with Gasteiger partial charge in [-0.3, -0.25) is 4.79 Å². The molecule has 0 spiro atoms. The molecular weight excluding hydrogens is 165 g/mol. The summed E-state index contributed by atoms with van der Waals surface area (Å²) in [4.78, 5) is 14.5. The van der Waals surface area contributed by atoms with E-state index in [0.717, 1.165) is 12.8 Å². The molecule has 0 aromatic carbocycles. The van der Waals surface area contributed by atoms with Crippen LogP contribution in [0.5, 0.6) is 0 Å². The van der Waals surface area contributed by atoms with E-state index in [9.17, 15) is 4.79 Å². The molecule has 4 heteroatoms. The van der Waals surface area contributed by atoms with Crippen LogP contribution in [0.4, 0.5) is 0 Å². The van der Waals surface area contributed by atoms with Crippen molar-refractivity contribution < 1.29 is 9.63 Å². The van der Waals surface area contributed by atoms with Gasteiger partial charge in [-0.15, -0.1) is 0 Å². The van der Waals surface area contributed by atoms with E-state index in [1.54, 1.807) is 0 Å². The standard InChI is InChI=1S/C8H17NO2.Na.H/c1-2-3-4-5-6-7-8(10)11-9;;/h2-7,9H2,1H3;;. The van der Waals surface area contributed by atoms with Crippen LogP contribution in [0.15, 0.2) is 0 Å². The van der Waals surface area contributed by atoms with Gasteiger partial charge in [0.2, 0.25) is 0 Å². The van der Waals surface area contributed by atoms with E-state index in [-0.39, 0.29) is 35.5 Å². The van der Waals surface area contributed by atoms with Gasteiger partial charge in [0.25, 0.3) is 0 Å². The molecule has 3 nitrogen and oxygen atoms in total. The molecule has 0 aliphatic carbocycles. The Morgan fingerprint density at radius 2 is 1.83 bits per heavy atom. The Labute approximate surface area is 96.3 Å². The summed E-state index contributed by atoms with van der Waals surface area (Å²) in [5.74, 6) is 4.36. The zero-order valence-electron chi connectivity index (χ0n) is 7.14. The maximum absolute atomic E-state index is 10.5. The molecule has 12 heavy (non-hydrogen) atoms. The van der Waals surface area contributed by atoms with Gasteiger partial charge in [-0.05, 0) is 6.42 Å². The first-order valence-electron chi connectivity index (χ1n) is 4.20. The number of nitrogens with two attached hydrogens (primary N) is 1. The van der Waals surface area contributed by atoms with Gasteiger partial charge in [0.05, 0.1) is 0 Å². The fraction of sp³-hybridized carbons (Fsp3) is 0.875. The van der Waals surface area contributed by atoms with Crippen LogP contribution in [0, 0.1) is 0 Å². The number of carbonyl (C=O) groups excluding carboxylic acids is 1. The molecule has 0 amide bonds. The van der Waals surface area contributed by atoms with E-state index >= 15 is 0 Å². The fourth-order valence-electron chi connectivity index (χ4n) is 0.932. The number of hydrogen-bond donors (Lipinski definition) is 1. The predicted octanol–water partition coefficient (Wildman–Crippen LogP) is 1.12. The van der Waals surface area contributed by atoms with E-state index in [0.29, 0.717) is 6.42 Å². The number of carbonyl (C=O) groups is 1. The average Bonchev–Trinajstić information content (AvgIpc) is 2.04. The quantitative estimate of drug-likeness (QED) is 0.381. The first-order valence-corrected chi connectivity index (χ1v) is 4.20. The van der Waals surface area contributed by atoms with E-state index < -0.39 is 0 Å². The predicted molar refractivity (Wildman–Crippen MR) is 50.8 cm³/mol. The summed E-state index contributed by atoms with van der Waals surface area (Å²) in [6, 6.07) is 0. The van der Waals surface area contributed by atoms with Crippen LogP contribution in [0.3, 0.4) is 0 Å².